The molecule has 8 heteroatoms. The normalized spacial score (nSPS) is 11.7. The first-order valence-corrected chi connectivity index (χ1v) is 7.43. The minimum absolute atomic E-state index is 0.0257. The number of aromatic hydroxyl groups is 1. The molecular weight excluding hydrogens is 280 g/mol. The smallest absolute Gasteiger partial charge is 0.240 e. The van der Waals surface area contributed by atoms with E-state index in [0.29, 0.717) is 6.42 Å². The molecule has 0 spiro atoms. The molecule has 2 aromatic rings. The SMILES string of the molecule is Cn1nccc1CCNS(=O)(=O)c1ccc(O)c(N)c1. The molecule has 7 nitrogen and oxygen atoms in total. The Morgan fingerprint density at radius 3 is 2.75 bits per heavy atom. The molecule has 1 aromatic carbocycles. The second-order valence-electron chi connectivity index (χ2n) is 4.31. The lowest BCUT2D eigenvalue weighted by Crippen LogP contribution is -2.26. The maximum Gasteiger partial charge on any atom is 0.240 e. The molecule has 0 bridgehead atoms. The zero-order valence-electron chi connectivity index (χ0n) is 10.9. The molecule has 0 aliphatic carbocycles. The van der Waals surface area contributed by atoms with Crippen LogP contribution >= 0.6 is 0 Å². The molecule has 0 atom stereocenters. The summed E-state index contributed by atoms with van der Waals surface area (Å²) in [5.74, 6) is -0.140. The molecule has 1 heterocycles. The van der Waals surface area contributed by atoms with Crippen molar-refractivity contribution in [3.05, 3.63) is 36.2 Å². The first-order chi connectivity index (χ1) is 9.40. The average molecular weight is 296 g/mol. The summed E-state index contributed by atoms with van der Waals surface area (Å²) in [6, 6.07) is 5.61. The van der Waals surface area contributed by atoms with Crippen molar-refractivity contribution >= 4 is 15.7 Å². The van der Waals surface area contributed by atoms with Gasteiger partial charge in [-0.25, -0.2) is 13.1 Å². The summed E-state index contributed by atoms with van der Waals surface area (Å²) in [6.45, 7) is 0.253. The number of phenols is 1. The van der Waals surface area contributed by atoms with Crippen molar-refractivity contribution in [1.29, 1.82) is 0 Å². The fourth-order valence-electron chi connectivity index (χ4n) is 1.74. The van der Waals surface area contributed by atoms with Crippen molar-refractivity contribution in [2.24, 2.45) is 7.05 Å². The largest absolute Gasteiger partial charge is 0.506 e. The summed E-state index contributed by atoms with van der Waals surface area (Å²) in [5.41, 5.74) is 6.45. The zero-order chi connectivity index (χ0) is 14.8. The van der Waals surface area contributed by atoms with Crippen molar-refractivity contribution in [1.82, 2.24) is 14.5 Å². The van der Waals surface area contributed by atoms with E-state index in [1.807, 2.05) is 6.07 Å². The van der Waals surface area contributed by atoms with Gasteiger partial charge in [0.05, 0.1) is 10.6 Å². The van der Waals surface area contributed by atoms with Gasteiger partial charge in [0.25, 0.3) is 0 Å². The first-order valence-electron chi connectivity index (χ1n) is 5.95. The first kappa shape index (κ1) is 14.4. The Balaban J connectivity index is 2.04. The minimum atomic E-state index is -3.64. The highest BCUT2D eigenvalue weighted by Gasteiger charge is 2.15. The van der Waals surface area contributed by atoms with Crippen LogP contribution in [-0.2, 0) is 23.5 Å². The maximum atomic E-state index is 12.0. The van der Waals surface area contributed by atoms with Gasteiger partial charge in [0.15, 0.2) is 0 Å². The Bertz CT molecular complexity index is 709. The Hall–Kier alpha value is -2.06. The molecule has 0 fully saturated rings. The summed E-state index contributed by atoms with van der Waals surface area (Å²) < 4.78 is 28.2. The van der Waals surface area contributed by atoms with E-state index < -0.39 is 10.0 Å². The third-order valence-corrected chi connectivity index (χ3v) is 4.36. The molecule has 1 aromatic heterocycles. The van der Waals surface area contributed by atoms with E-state index in [-0.39, 0.29) is 22.9 Å². The number of rotatable bonds is 5. The molecule has 0 radical (unpaired) electrons. The monoisotopic (exact) mass is 296 g/mol. The van der Waals surface area contributed by atoms with Crippen LogP contribution in [0.4, 0.5) is 5.69 Å². The zero-order valence-corrected chi connectivity index (χ0v) is 11.8. The number of nitrogens with zero attached hydrogens (tertiary/aromatic N) is 2. The van der Waals surface area contributed by atoms with Crippen LogP contribution < -0.4 is 10.5 Å². The van der Waals surface area contributed by atoms with Crippen LogP contribution in [0.2, 0.25) is 0 Å². The molecular formula is C12H16N4O3S. The Morgan fingerprint density at radius 1 is 1.40 bits per heavy atom. The molecule has 108 valence electrons. The second kappa shape index (κ2) is 5.51. The number of benzene rings is 1. The second-order valence-corrected chi connectivity index (χ2v) is 6.08. The highest BCUT2D eigenvalue weighted by molar-refractivity contribution is 7.89. The Kier molecular flexibility index (Phi) is 3.96. The summed E-state index contributed by atoms with van der Waals surface area (Å²) in [7, 11) is -1.84. The lowest BCUT2D eigenvalue weighted by molar-refractivity contribution is 0.477. The van der Waals surface area contributed by atoms with Gasteiger partial charge in [-0.05, 0) is 24.3 Å². The van der Waals surface area contributed by atoms with Gasteiger partial charge in [-0.15, -0.1) is 0 Å². The molecule has 0 aliphatic rings. The number of nitrogens with two attached hydrogens (primary N) is 1. The van der Waals surface area contributed by atoms with E-state index >= 15 is 0 Å². The van der Waals surface area contributed by atoms with Crippen LogP contribution in [0.25, 0.3) is 0 Å². The van der Waals surface area contributed by atoms with Gasteiger partial charge in [0.2, 0.25) is 10.0 Å². The van der Waals surface area contributed by atoms with Crippen molar-refractivity contribution < 1.29 is 13.5 Å². The standard InChI is InChI=1S/C12H16N4O3S/c1-16-9(4-6-14-16)5-7-15-20(18,19)10-2-3-12(17)11(13)8-10/h2-4,6,8,15,17H,5,7,13H2,1H3. The Labute approximate surface area is 117 Å². The van der Waals surface area contributed by atoms with Crippen LogP contribution in [0.3, 0.4) is 0 Å². The van der Waals surface area contributed by atoms with Gasteiger partial charge in [-0.2, -0.15) is 5.10 Å². The van der Waals surface area contributed by atoms with Gasteiger partial charge in [-0.3, -0.25) is 4.68 Å². The number of aryl methyl sites for hydroxylation is 1. The fourth-order valence-corrected chi connectivity index (χ4v) is 2.81. The predicted octanol–water partition coefficient (Wildman–Crippen LogP) is 0.229. The molecule has 0 amide bonds. The van der Waals surface area contributed by atoms with Crippen LogP contribution in [0, 0.1) is 0 Å². The summed E-state index contributed by atoms with van der Waals surface area (Å²) in [5, 5.41) is 13.3. The van der Waals surface area contributed by atoms with E-state index in [0.717, 1.165) is 5.69 Å². The van der Waals surface area contributed by atoms with Crippen molar-refractivity contribution in [3.8, 4) is 5.75 Å². The third-order valence-electron chi connectivity index (χ3n) is 2.90. The number of phenolic OH excluding ortho intramolecular Hbond substituents is 1. The number of sulfonamides is 1. The molecule has 0 unspecified atom stereocenters. The fraction of sp³-hybridized carbons (Fsp3) is 0.250. The minimum Gasteiger partial charge on any atom is -0.506 e. The number of nitrogen functional groups attached to an aromatic ring is 1. The highest BCUT2D eigenvalue weighted by Crippen LogP contribution is 2.22. The summed E-state index contributed by atoms with van der Waals surface area (Å²) >= 11 is 0. The van der Waals surface area contributed by atoms with Gasteiger partial charge in [0, 0.05) is 31.9 Å². The van der Waals surface area contributed by atoms with Crippen LogP contribution in [0.5, 0.6) is 5.75 Å². The predicted molar refractivity (Wildman–Crippen MR) is 74.6 cm³/mol. The van der Waals surface area contributed by atoms with Gasteiger partial charge >= 0.3 is 0 Å². The molecule has 0 saturated carbocycles. The highest BCUT2D eigenvalue weighted by atomic mass is 32.2. The number of aromatic nitrogens is 2. The quantitative estimate of drug-likeness (QED) is 0.540. The topological polar surface area (TPSA) is 110 Å². The van der Waals surface area contributed by atoms with E-state index in [2.05, 4.69) is 9.82 Å². The van der Waals surface area contributed by atoms with Gasteiger partial charge in [0.1, 0.15) is 5.75 Å². The molecule has 20 heavy (non-hydrogen) atoms. The third kappa shape index (κ3) is 3.09. The van der Waals surface area contributed by atoms with Crippen LogP contribution in [0.15, 0.2) is 35.4 Å². The lowest BCUT2D eigenvalue weighted by atomic mass is 10.3. The summed E-state index contributed by atoms with van der Waals surface area (Å²) in [6.07, 6.45) is 2.19. The van der Waals surface area contributed by atoms with E-state index in [4.69, 9.17) is 5.73 Å². The number of nitrogens with one attached hydrogen (secondary N) is 1. The van der Waals surface area contributed by atoms with Crippen molar-refractivity contribution in [2.75, 3.05) is 12.3 Å². The maximum absolute atomic E-state index is 12.0. The van der Waals surface area contributed by atoms with E-state index in [1.165, 1.54) is 18.2 Å². The van der Waals surface area contributed by atoms with Crippen LogP contribution in [-0.4, -0.2) is 29.8 Å². The van der Waals surface area contributed by atoms with Crippen molar-refractivity contribution in [2.45, 2.75) is 11.3 Å². The van der Waals surface area contributed by atoms with E-state index in [9.17, 15) is 13.5 Å². The van der Waals surface area contributed by atoms with Crippen LogP contribution in [0.1, 0.15) is 5.69 Å². The number of hydrogen-bond donors (Lipinski definition) is 3. The van der Waals surface area contributed by atoms with Gasteiger partial charge in [-0.1, -0.05) is 0 Å². The van der Waals surface area contributed by atoms with E-state index in [1.54, 1.807) is 17.9 Å². The summed E-state index contributed by atoms with van der Waals surface area (Å²) in [4.78, 5) is 0.0257. The lowest BCUT2D eigenvalue weighted by Gasteiger charge is -2.08. The molecule has 0 aliphatic heterocycles. The molecule has 4 N–H and O–H groups in total. The molecule has 0 saturated heterocycles. The average Bonchev–Trinajstić information content (AvgIpc) is 2.78. The molecule has 2 rings (SSSR count). The van der Waals surface area contributed by atoms with Gasteiger partial charge < -0.3 is 10.8 Å². The van der Waals surface area contributed by atoms with Crippen molar-refractivity contribution in [3.63, 3.8) is 0 Å². The number of hydrogen-bond acceptors (Lipinski definition) is 5. The number of anilines is 1. The Morgan fingerprint density at radius 2 is 2.15 bits per heavy atom.